The molecular formula is C59H112ClN13O11. The Labute approximate surface area is 510 Å². The molecule has 0 bridgehead atoms. The molecule has 0 aromatic carbocycles. The van der Waals surface area contributed by atoms with Crippen molar-refractivity contribution in [2.24, 2.45) is 4.99 Å². The van der Waals surface area contributed by atoms with Crippen LogP contribution in [0.1, 0.15) is 147 Å². The van der Waals surface area contributed by atoms with Crippen molar-refractivity contribution in [3.05, 3.63) is 0 Å². The zero-order chi connectivity index (χ0) is 62.1. The van der Waals surface area contributed by atoms with Gasteiger partial charge in [0.15, 0.2) is 0 Å². The molecule has 0 atom stereocenters. The molecule has 7 aliphatic rings. The van der Waals surface area contributed by atoms with E-state index in [0.29, 0.717) is 64.2 Å². The lowest BCUT2D eigenvalue weighted by molar-refractivity contribution is -0.121. The van der Waals surface area contributed by atoms with Gasteiger partial charge in [-0.25, -0.2) is 28.8 Å². The maximum Gasteiger partial charge on any atom is 0.410 e. The van der Waals surface area contributed by atoms with Crippen LogP contribution >= 0.6 is 12.4 Å². The standard InChI is InChI=1S/C14H25N3O3.C13H27N3O2.C13H25N3O2.C10H17NO3.C9H17N3O.ClH/c1-14(2,3)20-13(19)16-7-5-11(6-8-16)17-10-9-15(4)12(17)18;2*1-13(2,3)18-12(17)16-9-5-11(6-10-16)15-8-7-14-4;1-10(2,3)14-9(13)11-6-4-8(12)5-7-11;1-11-6-7-12(9(11)13)8-2-4-10-5-3-8;/h11H,5-10H2,1-4H3;11,14-15H,5-10H2,1-4H3;14H,5-10H2,1-4H3;4-7H2,1-3H3;8,10H,2-7H2,1H3;1H. The lowest BCUT2D eigenvalue weighted by Crippen LogP contribution is -2.48. The molecule has 7 saturated heterocycles. The lowest BCUT2D eigenvalue weighted by Gasteiger charge is -2.36. The molecule has 25 heteroatoms. The highest BCUT2D eigenvalue weighted by atomic mass is 35.5. The molecule has 4 N–H and O–H groups in total. The summed E-state index contributed by atoms with van der Waals surface area (Å²) in [5.74, 6) is 0.227. The van der Waals surface area contributed by atoms with E-state index in [0.717, 1.165) is 130 Å². The molecule has 84 heavy (non-hydrogen) atoms. The number of urea groups is 2. The van der Waals surface area contributed by atoms with Crippen LogP contribution in [0.2, 0.25) is 0 Å². The number of likely N-dealkylation sites (N-methyl/N-ethyl adjacent to an activating group) is 4. The quantitative estimate of drug-likeness (QED) is 0.138. The van der Waals surface area contributed by atoms with Gasteiger partial charge in [-0.3, -0.25) is 9.79 Å². The number of ketones is 1. The van der Waals surface area contributed by atoms with E-state index >= 15 is 0 Å². The van der Waals surface area contributed by atoms with Gasteiger partial charge >= 0.3 is 36.4 Å². The van der Waals surface area contributed by atoms with Crippen molar-refractivity contribution in [1.29, 1.82) is 0 Å². The second-order valence-corrected chi connectivity index (χ2v) is 26.3. The van der Waals surface area contributed by atoms with E-state index in [1.807, 2.05) is 131 Å². The Morgan fingerprint density at radius 1 is 0.476 bits per heavy atom. The molecule has 8 amide bonds. The first-order chi connectivity index (χ1) is 38.8. The van der Waals surface area contributed by atoms with Gasteiger partial charge in [0.2, 0.25) is 0 Å². The summed E-state index contributed by atoms with van der Waals surface area (Å²) in [5.41, 5.74) is -0.526. The molecule has 486 valence electrons. The SMILES string of the molecule is CC(C)(C)OC(=O)N1CCC(=O)CC1.CN1CCN(C2CCN(C(=O)OC(C)(C)C)CC2)C1=O.CN1CCN(C2CCNCC2)C1=O.CNCCN=C1CCN(C(=O)OC(C)(C)C)CC1.CNCCNC1CCN(C(=O)OC(C)(C)C)CC1.Cl. The lowest BCUT2D eigenvalue weighted by atomic mass is 10.0. The number of hydrogen-bond acceptors (Lipinski definition) is 16. The largest absolute Gasteiger partial charge is 0.444 e. The van der Waals surface area contributed by atoms with E-state index < -0.39 is 22.4 Å². The first kappa shape index (κ1) is 75.2. The van der Waals surface area contributed by atoms with Crippen LogP contribution in [0.4, 0.5) is 28.8 Å². The minimum atomic E-state index is -0.460. The average molecular weight is 1220 g/mol. The number of carbonyl (C=O) groups excluding carboxylic acids is 7. The Morgan fingerprint density at radius 2 is 0.821 bits per heavy atom. The van der Waals surface area contributed by atoms with Crippen molar-refractivity contribution in [3.63, 3.8) is 0 Å². The Morgan fingerprint density at radius 3 is 1.17 bits per heavy atom. The van der Waals surface area contributed by atoms with Gasteiger partial charge in [-0.05, 0) is 149 Å². The summed E-state index contributed by atoms with van der Waals surface area (Å²) in [4.78, 5) is 101. The van der Waals surface area contributed by atoms with Crippen molar-refractivity contribution in [1.82, 2.24) is 60.5 Å². The smallest absolute Gasteiger partial charge is 0.410 e. The number of aliphatic imine (C=N–C) groups is 1. The van der Waals surface area contributed by atoms with Crippen molar-refractivity contribution in [2.45, 2.75) is 188 Å². The molecule has 7 aliphatic heterocycles. The number of hydrogen-bond donors (Lipinski definition) is 4. The van der Waals surface area contributed by atoms with Crippen LogP contribution in [0.5, 0.6) is 0 Å². The Bertz CT molecular complexity index is 2040. The second kappa shape index (κ2) is 36.3. The number of likely N-dealkylation sites (tertiary alicyclic amines) is 4. The third-order valence-electron chi connectivity index (χ3n) is 14.4. The number of nitrogens with zero attached hydrogens (tertiary/aromatic N) is 9. The number of nitrogens with one attached hydrogen (secondary N) is 4. The number of piperidine rings is 5. The first-order valence-electron chi connectivity index (χ1n) is 30.5. The maximum absolute atomic E-state index is 12.0. The number of Topliss-reactive ketones (excluding diaryl/α,β-unsaturated/α-hetero) is 1. The highest BCUT2D eigenvalue weighted by Crippen LogP contribution is 2.23. The minimum absolute atomic E-state index is 0. The first-order valence-corrected chi connectivity index (χ1v) is 30.5. The second-order valence-electron chi connectivity index (χ2n) is 26.3. The van der Waals surface area contributed by atoms with Crippen LogP contribution in [0.3, 0.4) is 0 Å². The predicted octanol–water partition coefficient (Wildman–Crippen LogP) is 6.74. The zero-order valence-corrected chi connectivity index (χ0v) is 55.3. The van der Waals surface area contributed by atoms with Crippen molar-refractivity contribution in [2.75, 3.05) is 146 Å². The summed E-state index contributed by atoms with van der Waals surface area (Å²) >= 11 is 0. The third kappa shape index (κ3) is 29.5. The fourth-order valence-electron chi connectivity index (χ4n) is 9.84. The predicted molar refractivity (Wildman–Crippen MR) is 332 cm³/mol. The van der Waals surface area contributed by atoms with Crippen molar-refractivity contribution in [3.8, 4) is 0 Å². The molecule has 7 heterocycles. The van der Waals surface area contributed by atoms with E-state index in [1.54, 1.807) is 19.6 Å². The monoisotopic (exact) mass is 1210 g/mol. The van der Waals surface area contributed by atoms with Gasteiger partial charge in [0.1, 0.15) is 28.2 Å². The van der Waals surface area contributed by atoms with Gasteiger partial charge in [-0.15, -0.1) is 12.4 Å². The normalized spacial score (nSPS) is 19.6. The number of rotatable bonds is 9. The van der Waals surface area contributed by atoms with E-state index in [2.05, 4.69) is 26.3 Å². The van der Waals surface area contributed by atoms with Crippen LogP contribution in [-0.2, 0) is 23.7 Å². The van der Waals surface area contributed by atoms with Gasteiger partial charge in [0.05, 0.1) is 6.54 Å². The fourth-order valence-corrected chi connectivity index (χ4v) is 9.84. The highest BCUT2D eigenvalue weighted by molar-refractivity contribution is 5.87. The van der Waals surface area contributed by atoms with Gasteiger partial charge in [0, 0.05) is 162 Å². The zero-order valence-electron chi connectivity index (χ0n) is 54.5. The van der Waals surface area contributed by atoms with E-state index in [9.17, 15) is 33.6 Å². The summed E-state index contributed by atoms with van der Waals surface area (Å²) in [6, 6.07) is 1.59. The molecule has 0 aliphatic carbocycles. The summed E-state index contributed by atoms with van der Waals surface area (Å²) in [6.45, 7) is 37.0. The van der Waals surface area contributed by atoms with Gasteiger partial charge < -0.3 is 79.4 Å². The molecule has 0 aromatic heterocycles. The summed E-state index contributed by atoms with van der Waals surface area (Å²) in [6.07, 6.45) is 7.58. The van der Waals surface area contributed by atoms with Crippen LogP contribution in [0.25, 0.3) is 0 Å². The molecule has 0 saturated carbocycles. The third-order valence-corrected chi connectivity index (χ3v) is 14.4. The fraction of sp³-hybridized carbons (Fsp3) is 0.864. The summed E-state index contributed by atoms with van der Waals surface area (Å²) in [7, 11) is 7.58. The van der Waals surface area contributed by atoms with Crippen LogP contribution in [0.15, 0.2) is 4.99 Å². The Balaban J connectivity index is 0.000000360. The molecular weight excluding hydrogens is 1100 g/mol. The van der Waals surface area contributed by atoms with Gasteiger partial charge in [-0.1, -0.05) is 0 Å². The topological polar surface area (TPSA) is 243 Å². The maximum atomic E-state index is 12.0. The van der Waals surface area contributed by atoms with Crippen molar-refractivity contribution >= 4 is 60.3 Å². The summed E-state index contributed by atoms with van der Waals surface area (Å²) < 4.78 is 21.3. The summed E-state index contributed by atoms with van der Waals surface area (Å²) in [5, 5.41) is 13.0. The highest BCUT2D eigenvalue weighted by Gasteiger charge is 2.36. The number of halogens is 1. The molecule has 7 fully saturated rings. The van der Waals surface area contributed by atoms with Crippen molar-refractivity contribution < 1.29 is 52.5 Å². The van der Waals surface area contributed by atoms with Gasteiger partial charge in [-0.2, -0.15) is 0 Å². The molecule has 0 aromatic rings. The molecule has 24 nitrogen and oxygen atoms in total. The number of amides is 8. The Hall–Kier alpha value is -4.91. The molecule has 0 spiro atoms. The van der Waals surface area contributed by atoms with Gasteiger partial charge in [0.25, 0.3) is 0 Å². The average Bonchev–Trinajstić information content (AvgIpc) is 4.18. The van der Waals surface area contributed by atoms with Crippen LogP contribution in [0, 0.1) is 0 Å². The van der Waals surface area contributed by atoms with E-state index in [1.165, 1.54) is 5.71 Å². The minimum Gasteiger partial charge on any atom is -0.444 e. The number of carbonyl (C=O) groups is 7. The van der Waals surface area contributed by atoms with Crippen LogP contribution < -0.4 is 21.3 Å². The van der Waals surface area contributed by atoms with Crippen LogP contribution in [-0.4, -0.2) is 274 Å². The van der Waals surface area contributed by atoms with E-state index in [-0.39, 0.29) is 60.7 Å². The molecule has 7 rings (SSSR count). The molecule has 0 radical (unpaired) electrons. The molecule has 0 unspecified atom stereocenters. The van der Waals surface area contributed by atoms with E-state index in [4.69, 9.17) is 18.9 Å². The number of ether oxygens (including phenoxy) is 4. The Kier molecular flexibility index (Phi) is 32.5.